The molecule has 0 heterocycles. The highest BCUT2D eigenvalue weighted by molar-refractivity contribution is 6.06. The van der Waals surface area contributed by atoms with Crippen molar-refractivity contribution in [1.82, 2.24) is 5.32 Å². The summed E-state index contributed by atoms with van der Waals surface area (Å²) in [4.78, 5) is 12.2. The number of carbonyl (C=O) groups is 1. The molecule has 4 nitrogen and oxygen atoms in total. The van der Waals surface area contributed by atoms with Crippen molar-refractivity contribution in [2.75, 3.05) is 5.32 Å². The van der Waals surface area contributed by atoms with Gasteiger partial charge >= 0.3 is 6.18 Å². The first-order valence-corrected chi connectivity index (χ1v) is 8.25. The van der Waals surface area contributed by atoms with Gasteiger partial charge in [0.25, 0.3) is 5.91 Å². The first-order valence-electron chi connectivity index (χ1n) is 8.25. The molecule has 0 unspecified atom stereocenters. The third kappa shape index (κ3) is 5.52. The van der Waals surface area contributed by atoms with Crippen LogP contribution in [0.5, 0.6) is 0 Å². The normalized spacial score (nSPS) is 16.6. The first-order chi connectivity index (χ1) is 11.9. The largest absolute Gasteiger partial charge is 0.418 e. The van der Waals surface area contributed by atoms with E-state index in [-0.39, 0.29) is 17.3 Å². The van der Waals surface area contributed by atoms with Crippen molar-refractivity contribution >= 4 is 11.6 Å². The van der Waals surface area contributed by atoms with Crippen LogP contribution in [0.1, 0.15) is 44.1 Å². The Hall–Kier alpha value is -2.49. The summed E-state index contributed by atoms with van der Waals surface area (Å²) >= 11 is 0. The van der Waals surface area contributed by atoms with Crippen LogP contribution in [0.25, 0.3) is 0 Å². The Morgan fingerprint density at radius 1 is 1.16 bits per heavy atom. The van der Waals surface area contributed by atoms with Gasteiger partial charge < -0.3 is 10.6 Å². The number of rotatable bonds is 4. The fourth-order valence-corrected chi connectivity index (χ4v) is 2.82. The molecule has 1 aromatic carbocycles. The Bertz CT molecular complexity index is 669. The van der Waals surface area contributed by atoms with Crippen molar-refractivity contribution in [3.8, 4) is 6.07 Å². The number of amides is 1. The zero-order chi connectivity index (χ0) is 18.3. The van der Waals surface area contributed by atoms with Crippen molar-refractivity contribution in [3.63, 3.8) is 0 Å². The van der Waals surface area contributed by atoms with E-state index in [2.05, 4.69) is 10.6 Å². The van der Waals surface area contributed by atoms with E-state index in [1.807, 2.05) is 0 Å². The minimum Gasteiger partial charge on any atom is -0.387 e. The highest BCUT2D eigenvalue weighted by Gasteiger charge is 2.33. The number of carbonyl (C=O) groups excluding carboxylic acids is 1. The molecule has 0 aliphatic heterocycles. The monoisotopic (exact) mass is 351 g/mol. The molecule has 0 aromatic heterocycles. The lowest BCUT2D eigenvalue weighted by atomic mass is 10.1. The molecule has 0 spiro atoms. The summed E-state index contributed by atoms with van der Waals surface area (Å²) in [5, 5.41) is 14.4. The minimum absolute atomic E-state index is 0.182. The molecule has 1 aliphatic rings. The highest BCUT2D eigenvalue weighted by atomic mass is 19.4. The minimum atomic E-state index is -4.58. The molecular formula is C18H20F3N3O. The van der Waals surface area contributed by atoms with Gasteiger partial charge in [0.2, 0.25) is 0 Å². The number of benzene rings is 1. The smallest absolute Gasteiger partial charge is 0.387 e. The number of para-hydroxylation sites is 1. The Morgan fingerprint density at radius 2 is 1.80 bits per heavy atom. The maximum atomic E-state index is 13.0. The highest BCUT2D eigenvalue weighted by Crippen LogP contribution is 2.34. The van der Waals surface area contributed by atoms with E-state index in [0.29, 0.717) is 0 Å². The number of anilines is 1. The molecule has 2 N–H and O–H groups in total. The van der Waals surface area contributed by atoms with Crippen LogP contribution in [0, 0.1) is 11.3 Å². The fraction of sp³-hybridized carbons (Fsp3) is 0.444. The third-order valence-corrected chi connectivity index (χ3v) is 4.16. The molecule has 1 saturated carbocycles. The van der Waals surface area contributed by atoms with Crippen LogP contribution in [0.4, 0.5) is 18.9 Å². The van der Waals surface area contributed by atoms with Crippen LogP contribution >= 0.6 is 0 Å². The summed E-state index contributed by atoms with van der Waals surface area (Å²) < 4.78 is 38.9. The van der Waals surface area contributed by atoms with Gasteiger partial charge in [-0.2, -0.15) is 18.4 Å². The van der Waals surface area contributed by atoms with Crippen molar-refractivity contribution in [2.24, 2.45) is 0 Å². The molecule has 0 bridgehead atoms. The van der Waals surface area contributed by atoms with Gasteiger partial charge in [0, 0.05) is 12.2 Å². The Labute approximate surface area is 144 Å². The van der Waals surface area contributed by atoms with Crippen LogP contribution in [0.15, 0.2) is 36.0 Å². The van der Waals surface area contributed by atoms with Crippen LogP contribution in [0.3, 0.4) is 0 Å². The first kappa shape index (κ1) is 18.8. The molecule has 2 rings (SSSR count). The van der Waals surface area contributed by atoms with Crippen molar-refractivity contribution in [2.45, 2.75) is 50.7 Å². The molecule has 0 radical (unpaired) electrons. The number of alkyl halides is 3. The zero-order valence-corrected chi connectivity index (χ0v) is 13.7. The Kier molecular flexibility index (Phi) is 6.45. The number of nitrogens with zero attached hydrogens (tertiary/aromatic N) is 1. The predicted molar refractivity (Wildman–Crippen MR) is 88.4 cm³/mol. The number of nitrogens with one attached hydrogen (secondary N) is 2. The van der Waals surface area contributed by atoms with Gasteiger partial charge in [-0.25, -0.2) is 0 Å². The second-order valence-electron chi connectivity index (χ2n) is 6.02. The number of nitriles is 1. The fourth-order valence-electron chi connectivity index (χ4n) is 2.82. The summed E-state index contributed by atoms with van der Waals surface area (Å²) in [5.41, 5.74) is -1.56. The van der Waals surface area contributed by atoms with Crippen LogP contribution in [-0.2, 0) is 11.0 Å². The predicted octanol–water partition coefficient (Wildman–Crippen LogP) is 4.36. The Morgan fingerprint density at radius 3 is 2.40 bits per heavy atom. The lowest BCUT2D eigenvalue weighted by molar-refractivity contribution is -0.137. The maximum Gasteiger partial charge on any atom is 0.418 e. The van der Waals surface area contributed by atoms with E-state index in [9.17, 15) is 18.0 Å². The number of hydrogen-bond donors (Lipinski definition) is 2. The summed E-state index contributed by atoms with van der Waals surface area (Å²) in [6.45, 7) is 0. The van der Waals surface area contributed by atoms with Gasteiger partial charge in [-0.15, -0.1) is 0 Å². The summed E-state index contributed by atoms with van der Waals surface area (Å²) in [6, 6.07) is 6.60. The van der Waals surface area contributed by atoms with Crippen molar-refractivity contribution < 1.29 is 18.0 Å². The quantitative estimate of drug-likeness (QED) is 0.481. The average molecular weight is 351 g/mol. The summed E-state index contributed by atoms with van der Waals surface area (Å²) in [6.07, 6.45) is 3.13. The molecule has 1 aliphatic carbocycles. The van der Waals surface area contributed by atoms with E-state index >= 15 is 0 Å². The van der Waals surface area contributed by atoms with Gasteiger partial charge in [-0.05, 0) is 25.0 Å². The van der Waals surface area contributed by atoms with Gasteiger partial charge in [0.15, 0.2) is 0 Å². The van der Waals surface area contributed by atoms with Gasteiger partial charge in [0.1, 0.15) is 11.6 Å². The average Bonchev–Trinajstić information content (AvgIpc) is 2.84. The second kappa shape index (κ2) is 8.56. The number of hydrogen-bond acceptors (Lipinski definition) is 3. The molecule has 1 fully saturated rings. The van der Waals surface area contributed by atoms with E-state index in [0.717, 1.165) is 37.8 Å². The number of halogens is 3. The van der Waals surface area contributed by atoms with Crippen LogP contribution in [0.2, 0.25) is 0 Å². The maximum absolute atomic E-state index is 13.0. The van der Waals surface area contributed by atoms with Crippen molar-refractivity contribution in [3.05, 3.63) is 41.6 Å². The topological polar surface area (TPSA) is 64.9 Å². The van der Waals surface area contributed by atoms with Gasteiger partial charge in [0.05, 0.1) is 11.3 Å². The SMILES string of the molecule is N#C/C(=C/NC1CCCCCC1)C(=O)Nc1ccccc1C(F)(F)F. The van der Waals surface area contributed by atoms with Gasteiger partial charge in [-0.3, -0.25) is 4.79 Å². The van der Waals surface area contributed by atoms with E-state index in [4.69, 9.17) is 5.26 Å². The lowest BCUT2D eigenvalue weighted by Crippen LogP contribution is -2.25. The summed E-state index contributed by atoms with van der Waals surface area (Å²) in [7, 11) is 0. The molecule has 25 heavy (non-hydrogen) atoms. The van der Waals surface area contributed by atoms with E-state index < -0.39 is 17.6 Å². The molecule has 1 amide bonds. The van der Waals surface area contributed by atoms with Crippen LogP contribution < -0.4 is 10.6 Å². The third-order valence-electron chi connectivity index (χ3n) is 4.16. The molecular weight excluding hydrogens is 331 g/mol. The van der Waals surface area contributed by atoms with Gasteiger partial charge in [-0.1, -0.05) is 37.8 Å². The lowest BCUT2D eigenvalue weighted by Gasteiger charge is -2.15. The molecule has 134 valence electrons. The zero-order valence-electron chi connectivity index (χ0n) is 13.7. The summed E-state index contributed by atoms with van der Waals surface area (Å²) in [5.74, 6) is -0.861. The van der Waals surface area contributed by atoms with E-state index in [1.54, 1.807) is 6.07 Å². The van der Waals surface area contributed by atoms with E-state index in [1.165, 1.54) is 31.2 Å². The molecule has 0 atom stereocenters. The molecule has 7 heteroatoms. The molecule has 1 aromatic rings. The van der Waals surface area contributed by atoms with Crippen molar-refractivity contribution in [1.29, 1.82) is 5.26 Å². The van der Waals surface area contributed by atoms with Crippen LogP contribution in [-0.4, -0.2) is 11.9 Å². The molecule has 0 saturated heterocycles. The second-order valence-corrected chi connectivity index (χ2v) is 6.02. The standard InChI is InChI=1S/C18H20F3N3O/c19-18(20,21)15-9-5-6-10-16(15)24-17(25)13(11-22)12-23-14-7-3-1-2-4-8-14/h5-6,9-10,12,14,23H,1-4,7-8H2,(H,24,25)/b13-12-. The Balaban J connectivity index is 2.08.